The molecule has 66 heavy (non-hydrogen) atoms. The number of nitrogens with zero attached hydrogens (tertiary/aromatic N) is 5. The van der Waals surface area contributed by atoms with Gasteiger partial charge in [-0.3, -0.25) is 29.3 Å². The Morgan fingerprint density at radius 2 is 1.83 bits per heavy atom. The molecule has 5 aliphatic heterocycles. The van der Waals surface area contributed by atoms with Crippen molar-refractivity contribution < 1.29 is 42.5 Å². The Bertz CT molecular complexity index is 2440. The first-order valence-electron chi connectivity index (χ1n) is 24.0. The summed E-state index contributed by atoms with van der Waals surface area (Å²) in [6.07, 6.45) is 6.65. The number of aromatic nitrogens is 3. The number of amides is 2. The summed E-state index contributed by atoms with van der Waals surface area (Å²) in [4.78, 5) is 55.4. The van der Waals surface area contributed by atoms with E-state index in [2.05, 4.69) is 72.2 Å². The van der Waals surface area contributed by atoms with Gasteiger partial charge in [0.15, 0.2) is 0 Å². The van der Waals surface area contributed by atoms with E-state index in [1.807, 2.05) is 13.0 Å². The van der Waals surface area contributed by atoms with Gasteiger partial charge in [0.1, 0.15) is 30.1 Å². The van der Waals surface area contributed by atoms with Gasteiger partial charge in [0.05, 0.1) is 50.0 Å². The fourth-order valence-electron chi connectivity index (χ4n) is 11.0. The molecule has 16 heteroatoms. The van der Waals surface area contributed by atoms with Crippen LogP contribution in [0.4, 0.5) is 0 Å². The number of carbonyl (C=O) groups excluding carboxylic acids is 3. The Balaban J connectivity index is 1.12. The number of hydrogen-bond acceptors (Lipinski definition) is 13. The van der Waals surface area contributed by atoms with Gasteiger partial charge in [-0.1, -0.05) is 33.8 Å². The number of esters is 1. The van der Waals surface area contributed by atoms with Gasteiger partial charge < -0.3 is 38.0 Å². The van der Waals surface area contributed by atoms with E-state index >= 15 is 4.79 Å². The first-order chi connectivity index (χ1) is 31.8. The van der Waals surface area contributed by atoms with Gasteiger partial charge in [0.25, 0.3) is 5.91 Å². The maximum absolute atomic E-state index is 15.0. The van der Waals surface area contributed by atoms with E-state index in [9.17, 15) is 9.59 Å². The number of carbonyl (C=O) groups is 3. The number of hydrogen-bond donors (Lipinski definition) is 2. The molecule has 8 heterocycles. The van der Waals surface area contributed by atoms with Crippen LogP contribution in [0.1, 0.15) is 89.6 Å². The first-order valence-corrected chi connectivity index (χ1v) is 24.0. The molecule has 16 nitrogen and oxygen atoms in total. The van der Waals surface area contributed by atoms with Gasteiger partial charge in [0, 0.05) is 91.5 Å². The van der Waals surface area contributed by atoms with Gasteiger partial charge in [-0.05, 0) is 80.7 Å². The molecule has 4 saturated heterocycles. The number of oxazole rings is 1. The summed E-state index contributed by atoms with van der Waals surface area (Å²) in [6, 6.07) is 7.91. The zero-order valence-electron chi connectivity index (χ0n) is 39.2. The van der Waals surface area contributed by atoms with Crippen molar-refractivity contribution in [1.82, 2.24) is 35.2 Å². The molecule has 1 spiro atoms. The van der Waals surface area contributed by atoms with Crippen LogP contribution in [0.2, 0.25) is 0 Å². The van der Waals surface area contributed by atoms with Crippen LogP contribution < -0.4 is 10.7 Å². The molecule has 354 valence electrons. The molecule has 6 bridgehead atoms. The van der Waals surface area contributed by atoms with Gasteiger partial charge in [-0.15, -0.1) is 0 Å². The molecule has 1 aromatic carbocycles. The lowest BCUT2D eigenvalue weighted by atomic mass is 9.76. The lowest BCUT2D eigenvalue weighted by Gasteiger charge is -2.57. The summed E-state index contributed by atoms with van der Waals surface area (Å²) >= 11 is 0. The number of fused-ring (bicyclic) bond motifs is 6. The van der Waals surface area contributed by atoms with Crippen LogP contribution in [-0.4, -0.2) is 127 Å². The van der Waals surface area contributed by atoms with Crippen molar-refractivity contribution >= 4 is 28.7 Å². The molecule has 7 atom stereocenters. The Kier molecular flexibility index (Phi) is 12.3. The van der Waals surface area contributed by atoms with Crippen molar-refractivity contribution in [3.8, 4) is 22.5 Å². The molecule has 2 amide bonds. The topological polar surface area (TPSA) is 172 Å². The molecule has 2 N–H and O–H groups in total. The molecule has 1 aliphatic carbocycles. The molecule has 1 saturated carbocycles. The van der Waals surface area contributed by atoms with Crippen LogP contribution in [-0.2, 0) is 51.0 Å². The number of benzene rings is 1. The van der Waals surface area contributed by atoms with Gasteiger partial charge >= 0.3 is 5.97 Å². The summed E-state index contributed by atoms with van der Waals surface area (Å²) < 4.78 is 38.7. The Labute approximate surface area is 386 Å². The minimum absolute atomic E-state index is 0.0120. The molecular formula is C50H65N7O9. The molecule has 6 aliphatic rings. The molecule has 5 fully saturated rings. The minimum atomic E-state index is -1.06. The standard InChI is InChI=1S/C50H65N7O9/c1-29-30(2)40(29)45(58)53-42-44(55-24-50(25-55)27-63-28-50)46-52-38(23-65-46)32-11-12-39-35(21-32)36(22-49(4,5)26-66-48(60)37-10-8-16-57(54-37)47(42)59)43(34-9-7-15-51-41(34)31(3)61-6)56(39)17-20-64-33-13-18-62-19-14-33/h7,9,11-12,15,21,23,29-31,33,37,40,42,44,54H,8,10,13-14,16-20,22,24-28H2,1-6H3,(H,53,58)/t29-,30+,31-,37-,40?,42-,44-/m0/s1. The molecule has 0 radical (unpaired) electrons. The second kappa shape index (κ2) is 18.1. The summed E-state index contributed by atoms with van der Waals surface area (Å²) in [5.41, 5.74) is 9.00. The Hall–Kier alpha value is -4.71. The highest BCUT2D eigenvalue weighted by molar-refractivity contribution is 5.95. The largest absolute Gasteiger partial charge is 0.464 e. The average molecular weight is 908 g/mol. The predicted molar refractivity (Wildman–Crippen MR) is 244 cm³/mol. The predicted octanol–water partition coefficient (Wildman–Crippen LogP) is 5.64. The van der Waals surface area contributed by atoms with E-state index in [0.717, 1.165) is 51.8 Å². The summed E-state index contributed by atoms with van der Waals surface area (Å²) in [5.74, 6) is -0.417. The number of nitrogens with one attached hydrogen (secondary N) is 2. The third-order valence-corrected chi connectivity index (χ3v) is 15.2. The summed E-state index contributed by atoms with van der Waals surface area (Å²) in [5, 5.41) is 5.72. The number of hydrazine groups is 1. The molecular weight excluding hydrogens is 843 g/mol. The van der Waals surface area contributed by atoms with Crippen molar-refractivity contribution in [3.05, 3.63) is 59.9 Å². The highest BCUT2D eigenvalue weighted by Gasteiger charge is 2.56. The van der Waals surface area contributed by atoms with Gasteiger partial charge in [-0.2, -0.15) is 0 Å². The smallest absolute Gasteiger partial charge is 0.324 e. The number of likely N-dealkylation sites (tertiary alicyclic amines) is 1. The summed E-state index contributed by atoms with van der Waals surface area (Å²) in [6.45, 7) is 15.9. The number of rotatable bonds is 10. The van der Waals surface area contributed by atoms with Crippen molar-refractivity contribution in [2.24, 2.45) is 28.6 Å². The second-order valence-electron chi connectivity index (χ2n) is 20.6. The van der Waals surface area contributed by atoms with Crippen LogP contribution in [0.3, 0.4) is 0 Å². The third kappa shape index (κ3) is 8.57. The van der Waals surface area contributed by atoms with E-state index in [-0.39, 0.29) is 53.8 Å². The number of pyridine rings is 1. The van der Waals surface area contributed by atoms with E-state index in [1.165, 1.54) is 5.01 Å². The van der Waals surface area contributed by atoms with Crippen LogP contribution in [0.5, 0.6) is 0 Å². The van der Waals surface area contributed by atoms with Crippen LogP contribution in [0, 0.1) is 28.6 Å². The van der Waals surface area contributed by atoms with E-state index in [1.54, 1.807) is 19.6 Å². The van der Waals surface area contributed by atoms with E-state index in [0.29, 0.717) is 90.1 Å². The van der Waals surface area contributed by atoms with Crippen molar-refractivity contribution in [2.45, 2.75) is 104 Å². The lowest BCUT2D eigenvalue weighted by Crippen LogP contribution is -2.70. The lowest BCUT2D eigenvalue weighted by molar-refractivity contribution is -0.204. The quantitative estimate of drug-likeness (QED) is 0.188. The molecule has 3 aromatic heterocycles. The van der Waals surface area contributed by atoms with Crippen LogP contribution >= 0.6 is 0 Å². The maximum Gasteiger partial charge on any atom is 0.324 e. The molecule has 1 unspecified atom stereocenters. The molecule has 10 rings (SSSR count). The van der Waals surface area contributed by atoms with E-state index in [4.69, 9.17) is 38.1 Å². The number of cyclic esters (lactones) is 1. The van der Waals surface area contributed by atoms with Crippen molar-refractivity contribution in [3.63, 3.8) is 0 Å². The number of ether oxygens (including phenoxy) is 5. The zero-order chi connectivity index (χ0) is 45.9. The highest BCUT2D eigenvalue weighted by Crippen LogP contribution is 2.48. The summed E-state index contributed by atoms with van der Waals surface area (Å²) in [7, 11) is 1.70. The van der Waals surface area contributed by atoms with Crippen LogP contribution in [0.15, 0.2) is 47.2 Å². The van der Waals surface area contributed by atoms with Crippen molar-refractivity contribution in [1.29, 1.82) is 0 Å². The monoisotopic (exact) mass is 907 g/mol. The fourth-order valence-corrected chi connectivity index (χ4v) is 11.0. The minimum Gasteiger partial charge on any atom is -0.464 e. The molecule has 4 aromatic rings. The number of methoxy groups -OCH3 is 1. The Morgan fingerprint density at radius 3 is 2.56 bits per heavy atom. The van der Waals surface area contributed by atoms with Gasteiger partial charge in [-0.25, -0.2) is 10.4 Å². The average Bonchev–Trinajstić information content (AvgIpc) is 3.56. The normalized spacial score (nSPS) is 28.3. The van der Waals surface area contributed by atoms with Gasteiger partial charge in [0.2, 0.25) is 11.8 Å². The first kappa shape index (κ1) is 45.1. The fraction of sp³-hybridized carbons (Fsp3) is 0.620. The second-order valence-corrected chi connectivity index (χ2v) is 20.6. The third-order valence-electron chi connectivity index (χ3n) is 15.2. The highest BCUT2D eigenvalue weighted by atomic mass is 16.5. The Morgan fingerprint density at radius 1 is 1.05 bits per heavy atom. The zero-order valence-corrected chi connectivity index (χ0v) is 39.2. The SMILES string of the molecule is CO[C@@H](C)c1ncccc1-c1c2c3cc(ccc3n1CCOC1CCOCC1)-c1coc(n1)[C@@H](N1CC3(COC3)C1)[C@H](NC(=O)C1[C@@H](C)[C@H]1C)C(=O)N1CCC[C@H](N1)C(=O)OCC(C)(C)C2. The van der Waals surface area contributed by atoms with Crippen molar-refractivity contribution in [2.75, 3.05) is 66.4 Å². The van der Waals surface area contributed by atoms with Crippen LogP contribution in [0.25, 0.3) is 33.4 Å². The van der Waals surface area contributed by atoms with E-state index < -0.39 is 29.5 Å². The maximum atomic E-state index is 15.0.